The molecule has 1 unspecified atom stereocenters. The number of anilines is 1. The Kier molecular flexibility index (Phi) is 5.32. The Balaban J connectivity index is 3.02. The number of nitrogens with two attached hydrogens (primary N) is 2. The number of rotatable bonds is 5. The number of aliphatic hydroxyl groups is 3. The van der Waals surface area contributed by atoms with E-state index >= 15 is 0 Å². The standard InChI is InChI=1S/C11H17N3O11P2/c12-7-2-1-5(9(13)17)3-14(7)11(27(22,23)24)10(18,26(19,20)21)8(16)6(4-15)25-11/h1-3,6,8,12,15-16,18H,4H2,(H6,13,17,19,20,21,22,23,24)/p+1/t6-,8-,10+,11?/m1/s1. The molecule has 1 fully saturated rings. The number of pyridine rings is 1. The van der Waals surface area contributed by atoms with Gasteiger partial charge in [-0.25, -0.2) is 0 Å². The van der Waals surface area contributed by atoms with Crippen molar-refractivity contribution in [2.45, 2.75) is 23.0 Å². The maximum Gasteiger partial charge on any atom is 0.405 e. The lowest BCUT2D eigenvalue weighted by atomic mass is 10.1. The molecule has 1 amide bonds. The molecule has 2 rings (SSSR count). The van der Waals surface area contributed by atoms with E-state index in [0.717, 1.165) is 12.1 Å². The van der Waals surface area contributed by atoms with E-state index in [1.54, 1.807) is 0 Å². The molecule has 0 aliphatic carbocycles. The van der Waals surface area contributed by atoms with E-state index in [4.69, 9.17) is 16.2 Å². The van der Waals surface area contributed by atoms with E-state index in [-0.39, 0.29) is 4.57 Å². The highest BCUT2D eigenvalue weighted by Gasteiger charge is 2.84. The minimum atomic E-state index is -5.99. The van der Waals surface area contributed by atoms with Gasteiger partial charge in [-0.15, -0.1) is 0 Å². The van der Waals surface area contributed by atoms with Crippen LogP contribution < -0.4 is 16.0 Å². The van der Waals surface area contributed by atoms with Crippen LogP contribution in [0, 0.1) is 0 Å². The Labute approximate surface area is 150 Å². The molecule has 2 heterocycles. The van der Waals surface area contributed by atoms with Crippen LogP contribution in [0.5, 0.6) is 0 Å². The maximum atomic E-state index is 12.3. The highest BCUT2D eigenvalue weighted by atomic mass is 31.2. The molecular weight excluding hydrogens is 412 g/mol. The summed E-state index contributed by atoms with van der Waals surface area (Å²) >= 11 is 0. The molecular formula is C11H18N3O11P2+. The molecule has 152 valence electrons. The van der Waals surface area contributed by atoms with Crippen molar-refractivity contribution < 1.29 is 58.1 Å². The number of primary amides is 1. The highest BCUT2D eigenvalue weighted by Crippen LogP contribution is 2.72. The summed E-state index contributed by atoms with van der Waals surface area (Å²) in [5.74, 6) is -1.73. The van der Waals surface area contributed by atoms with Gasteiger partial charge in [0.05, 0.1) is 12.2 Å². The molecule has 1 aliphatic heterocycles. The zero-order valence-electron chi connectivity index (χ0n) is 13.4. The number of carbonyl (C=O) groups is 1. The van der Waals surface area contributed by atoms with E-state index in [2.05, 4.69) is 0 Å². The second-order valence-electron chi connectivity index (χ2n) is 5.78. The van der Waals surface area contributed by atoms with Crippen molar-refractivity contribution in [3.05, 3.63) is 23.9 Å². The van der Waals surface area contributed by atoms with E-state index in [0.29, 0.717) is 6.20 Å². The van der Waals surface area contributed by atoms with E-state index in [1.165, 1.54) is 0 Å². The fourth-order valence-electron chi connectivity index (χ4n) is 2.89. The number of aliphatic hydroxyl groups excluding tert-OH is 2. The lowest BCUT2D eigenvalue weighted by Crippen LogP contribution is -2.69. The summed E-state index contributed by atoms with van der Waals surface area (Å²) in [6.07, 6.45) is -4.09. The van der Waals surface area contributed by atoms with Gasteiger partial charge in [-0.3, -0.25) is 19.7 Å². The molecule has 16 heteroatoms. The van der Waals surface area contributed by atoms with Gasteiger partial charge < -0.3 is 45.4 Å². The van der Waals surface area contributed by atoms with Crippen LogP contribution in [-0.2, 0) is 19.3 Å². The fraction of sp³-hybridized carbons (Fsp3) is 0.455. The van der Waals surface area contributed by atoms with Gasteiger partial charge in [-0.2, -0.15) is 4.57 Å². The molecule has 0 aromatic carbocycles. The van der Waals surface area contributed by atoms with Gasteiger partial charge in [0.25, 0.3) is 17.1 Å². The van der Waals surface area contributed by atoms with Crippen molar-refractivity contribution in [2.75, 3.05) is 12.3 Å². The topological polar surface area (TPSA) is 258 Å². The molecule has 1 saturated heterocycles. The number of nitrogen functional groups attached to an aromatic ring is 1. The van der Waals surface area contributed by atoms with Crippen LogP contribution in [0.15, 0.2) is 18.3 Å². The van der Waals surface area contributed by atoms with E-state index < -0.39 is 62.1 Å². The molecule has 0 bridgehead atoms. The van der Waals surface area contributed by atoms with Gasteiger partial charge in [0.1, 0.15) is 18.4 Å². The molecule has 1 aromatic heterocycles. The summed E-state index contributed by atoms with van der Waals surface area (Å²) in [6, 6.07) is 1.94. The average Bonchev–Trinajstić information content (AvgIpc) is 2.77. The molecule has 14 nitrogen and oxygen atoms in total. The van der Waals surface area contributed by atoms with Gasteiger partial charge in [0.2, 0.25) is 0 Å². The zero-order chi connectivity index (χ0) is 21.0. The first-order valence-electron chi connectivity index (χ1n) is 7.07. The summed E-state index contributed by atoms with van der Waals surface area (Å²) in [5.41, 5.74) is 6.60. The Morgan fingerprint density at radius 3 is 2.19 bits per heavy atom. The SMILES string of the molecule is NC(=O)c1ccc(N)[n+](C2(P(=O)(O)O)O[C@H](CO)[C@@H](O)[C@]2(O)P(=O)(O)O)c1. The van der Waals surface area contributed by atoms with Crippen molar-refractivity contribution >= 4 is 26.9 Å². The van der Waals surface area contributed by atoms with Crippen LogP contribution >= 0.6 is 15.2 Å². The highest BCUT2D eigenvalue weighted by molar-refractivity contribution is 7.57. The van der Waals surface area contributed by atoms with Crippen molar-refractivity contribution in [3.63, 3.8) is 0 Å². The predicted octanol–water partition coefficient (Wildman–Crippen LogP) is -3.94. The lowest BCUT2D eigenvalue weighted by molar-refractivity contribution is -0.780. The van der Waals surface area contributed by atoms with Gasteiger partial charge in [0, 0.05) is 6.07 Å². The molecule has 0 radical (unpaired) electrons. The zero-order valence-corrected chi connectivity index (χ0v) is 15.1. The van der Waals surface area contributed by atoms with Crippen molar-refractivity contribution in [3.8, 4) is 0 Å². The van der Waals surface area contributed by atoms with Crippen LogP contribution in [-0.4, -0.2) is 65.0 Å². The maximum absolute atomic E-state index is 12.3. The molecule has 27 heavy (non-hydrogen) atoms. The number of carbonyl (C=O) groups excluding carboxylic acids is 1. The monoisotopic (exact) mass is 430 g/mol. The Morgan fingerprint density at radius 1 is 1.22 bits per heavy atom. The second kappa shape index (κ2) is 6.57. The summed E-state index contributed by atoms with van der Waals surface area (Å²) in [5, 5.41) is 26.2. The van der Waals surface area contributed by atoms with Gasteiger partial charge in [-0.05, 0) is 6.07 Å². The van der Waals surface area contributed by atoms with Crippen molar-refractivity contribution in [2.24, 2.45) is 5.73 Å². The third-order valence-corrected chi connectivity index (χ3v) is 7.25. The number of hydrogen-bond donors (Lipinski definition) is 9. The molecule has 11 N–H and O–H groups in total. The largest absolute Gasteiger partial charge is 0.405 e. The van der Waals surface area contributed by atoms with Crippen molar-refractivity contribution in [1.29, 1.82) is 0 Å². The summed E-state index contributed by atoms with van der Waals surface area (Å²) in [4.78, 5) is 50.5. The molecule has 4 atom stereocenters. The Bertz CT molecular complexity index is 869. The fourth-order valence-corrected chi connectivity index (χ4v) is 6.01. The minimum absolute atomic E-state index is 0.200. The normalized spacial score (nSPS) is 31.8. The minimum Gasteiger partial charge on any atom is -0.394 e. The van der Waals surface area contributed by atoms with Crippen molar-refractivity contribution in [1.82, 2.24) is 0 Å². The second-order valence-corrected chi connectivity index (χ2v) is 9.25. The predicted molar refractivity (Wildman–Crippen MR) is 84.5 cm³/mol. The van der Waals surface area contributed by atoms with Gasteiger partial charge >= 0.3 is 20.7 Å². The first kappa shape index (κ1) is 21.9. The van der Waals surface area contributed by atoms with E-state index in [9.17, 15) is 48.8 Å². The summed E-state index contributed by atoms with van der Waals surface area (Å²) in [7, 11) is -11.9. The van der Waals surface area contributed by atoms with Crippen LogP contribution in [0.2, 0.25) is 0 Å². The number of amides is 1. The van der Waals surface area contributed by atoms with Gasteiger partial charge in [0.15, 0.2) is 0 Å². The van der Waals surface area contributed by atoms with Crippen LogP contribution in [0.3, 0.4) is 0 Å². The number of ether oxygens (including phenoxy) is 1. The first-order chi connectivity index (χ1) is 12.1. The first-order valence-corrected chi connectivity index (χ1v) is 10.3. The third kappa shape index (κ3) is 2.91. The molecule has 0 saturated carbocycles. The Morgan fingerprint density at radius 2 is 1.78 bits per heavy atom. The quantitative estimate of drug-likeness (QED) is 0.160. The van der Waals surface area contributed by atoms with Crippen LogP contribution in [0.1, 0.15) is 10.4 Å². The average molecular weight is 430 g/mol. The van der Waals surface area contributed by atoms with Gasteiger partial charge in [-0.1, -0.05) is 0 Å². The lowest BCUT2D eigenvalue weighted by Gasteiger charge is -2.39. The van der Waals surface area contributed by atoms with Crippen LogP contribution in [0.4, 0.5) is 5.82 Å². The van der Waals surface area contributed by atoms with Crippen LogP contribution in [0.25, 0.3) is 0 Å². The summed E-state index contributed by atoms with van der Waals surface area (Å²) in [6.45, 7) is -1.18. The molecule has 1 aliphatic rings. The number of nitrogens with zero attached hydrogens (tertiary/aromatic N) is 1. The third-order valence-electron chi connectivity index (χ3n) is 4.17. The number of hydrogen-bond acceptors (Lipinski definition) is 8. The van der Waals surface area contributed by atoms with E-state index in [1.807, 2.05) is 0 Å². The molecule has 1 aromatic rings. The summed E-state index contributed by atoms with van der Waals surface area (Å²) < 4.78 is 29.5. The number of aromatic nitrogens is 1. The smallest absolute Gasteiger partial charge is 0.394 e. The molecule has 0 spiro atoms. The Hall–Kier alpha value is -1.44.